The van der Waals surface area contributed by atoms with Crippen molar-refractivity contribution in [1.82, 2.24) is 4.90 Å². The quantitative estimate of drug-likeness (QED) is 0.889. The first-order valence-electron chi connectivity index (χ1n) is 7.53. The molecule has 0 unspecified atom stereocenters. The molecule has 1 aromatic rings. The number of carbonyl (C=O) groups excluding carboxylic acids is 2. The lowest BCUT2D eigenvalue weighted by Gasteiger charge is -2.40. The van der Waals surface area contributed by atoms with E-state index in [9.17, 15) is 9.59 Å². The van der Waals surface area contributed by atoms with Crippen LogP contribution in [0.5, 0.6) is 0 Å². The number of piperidine rings is 1. The third-order valence-corrected chi connectivity index (χ3v) is 4.05. The van der Waals surface area contributed by atoms with Crippen LogP contribution in [-0.2, 0) is 9.53 Å². The Morgan fingerprint density at radius 2 is 1.86 bits per heavy atom. The van der Waals surface area contributed by atoms with Crippen molar-refractivity contribution in [2.24, 2.45) is 5.73 Å². The van der Waals surface area contributed by atoms with E-state index in [2.05, 4.69) is 5.32 Å². The second kappa shape index (κ2) is 6.68. The van der Waals surface area contributed by atoms with Crippen LogP contribution in [-0.4, -0.2) is 42.1 Å². The summed E-state index contributed by atoms with van der Waals surface area (Å²) < 4.78 is 4.99. The van der Waals surface area contributed by atoms with Gasteiger partial charge in [0.15, 0.2) is 0 Å². The number of hydrogen-bond donors (Lipinski definition) is 2. The Bertz CT molecular complexity index is 534. The molecule has 0 spiro atoms. The van der Waals surface area contributed by atoms with Crippen LogP contribution in [0, 0.1) is 6.92 Å². The van der Waals surface area contributed by atoms with E-state index < -0.39 is 11.4 Å². The number of nitrogens with two attached hydrogens (primary N) is 1. The third kappa shape index (κ3) is 3.50. The highest BCUT2D eigenvalue weighted by Crippen LogP contribution is 2.27. The van der Waals surface area contributed by atoms with Gasteiger partial charge in [-0.15, -0.1) is 0 Å². The van der Waals surface area contributed by atoms with E-state index in [1.807, 2.05) is 31.2 Å². The van der Waals surface area contributed by atoms with E-state index in [4.69, 9.17) is 10.5 Å². The topological polar surface area (TPSA) is 84.7 Å². The van der Waals surface area contributed by atoms with Crippen molar-refractivity contribution < 1.29 is 14.3 Å². The van der Waals surface area contributed by atoms with E-state index in [-0.39, 0.29) is 6.09 Å². The van der Waals surface area contributed by atoms with Gasteiger partial charge in [0, 0.05) is 18.8 Å². The first kappa shape index (κ1) is 16.1. The Kier molecular flexibility index (Phi) is 4.90. The van der Waals surface area contributed by atoms with Crippen LogP contribution in [0.1, 0.15) is 25.3 Å². The molecule has 0 aliphatic carbocycles. The summed E-state index contributed by atoms with van der Waals surface area (Å²) in [6, 6.07) is 7.81. The van der Waals surface area contributed by atoms with Crippen LogP contribution >= 0.6 is 0 Å². The van der Waals surface area contributed by atoms with Gasteiger partial charge in [-0.25, -0.2) is 4.79 Å². The van der Waals surface area contributed by atoms with Gasteiger partial charge in [0.2, 0.25) is 5.91 Å². The number of rotatable bonds is 4. The summed E-state index contributed by atoms with van der Waals surface area (Å²) in [5.41, 5.74) is 6.81. The van der Waals surface area contributed by atoms with Gasteiger partial charge in [-0.1, -0.05) is 17.7 Å². The molecular weight excluding hydrogens is 282 g/mol. The van der Waals surface area contributed by atoms with Gasteiger partial charge in [-0.05, 0) is 38.8 Å². The molecule has 0 saturated carbocycles. The van der Waals surface area contributed by atoms with E-state index in [0.29, 0.717) is 32.5 Å². The SMILES string of the molecule is CCOC(=O)N1CCC(Nc2ccc(C)cc2)(C(N)=O)CC1. The van der Waals surface area contributed by atoms with Crippen molar-refractivity contribution in [3.63, 3.8) is 0 Å². The molecule has 0 bridgehead atoms. The monoisotopic (exact) mass is 305 g/mol. The molecule has 3 N–H and O–H groups in total. The predicted octanol–water partition coefficient (Wildman–Crippen LogP) is 1.88. The van der Waals surface area contributed by atoms with Crippen molar-refractivity contribution in [1.29, 1.82) is 0 Å². The second-order valence-electron chi connectivity index (χ2n) is 5.62. The zero-order valence-corrected chi connectivity index (χ0v) is 13.1. The maximum absolute atomic E-state index is 12.0. The first-order valence-corrected chi connectivity index (χ1v) is 7.53. The van der Waals surface area contributed by atoms with E-state index in [0.717, 1.165) is 11.3 Å². The Morgan fingerprint density at radius 3 is 2.36 bits per heavy atom. The molecule has 0 radical (unpaired) electrons. The molecule has 22 heavy (non-hydrogen) atoms. The molecule has 1 aliphatic rings. The Balaban J connectivity index is 2.07. The molecule has 0 atom stereocenters. The normalized spacial score (nSPS) is 16.9. The fraction of sp³-hybridized carbons (Fsp3) is 0.500. The smallest absolute Gasteiger partial charge is 0.409 e. The fourth-order valence-electron chi connectivity index (χ4n) is 2.63. The maximum atomic E-state index is 12.0. The molecule has 2 amide bonds. The molecule has 1 aliphatic heterocycles. The molecule has 1 aromatic carbocycles. The minimum atomic E-state index is -0.821. The van der Waals surface area contributed by atoms with Gasteiger partial charge < -0.3 is 20.7 Å². The van der Waals surface area contributed by atoms with Crippen LogP contribution in [0.15, 0.2) is 24.3 Å². The number of carbonyl (C=O) groups is 2. The van der Waals surface area contributed by atoms with Crippen molar-refractivity contribution in [3.8, 4) is 0 Å². The van der Waals surface area contributed by atoms with Crippen LogP contribution in [0.4, 0.5) is 10.5 Å². The van der Waals surface area contributed by atoms with Gasteiger partial charge >= 0.3 is 6.09 Å². The number of nitrogens with one attached hydrogen (secondary N) is 1. The number of primary amides is 1. The third-order valence-electron chi connectivity index (χ3n) is 4.05. The van der Waals surface area contributed by atoms with Crippen molar-refractivity contribution in [2.45, 2.75) is 32.2 Å². The molecule has 6 heteroatoms. The fourth-order valence-corrected chi connectivity index (χ4v) is 2.63. The summed E-state index contributed by atoms with van der Waals surface area (Å²) in [6.45, 7) is 5.01. The number of amides is 2. The lowest BCUT2D eigenvalue weighted by Crippen LogP contribution is -2.57. The average molecular weight is 305 g/mol. The number of nitrogens with zero attached hydrogens (tertiary/aromatic N) is 1. The van der Waals surface area contributed by atoms with Gasteiger partial charge in [0.05, 0.1) is 6.61 Å². The lowest BCUT2D eigenvalue weighted by molar-refractivity contribution is -0.123. The van der Waals surface area contributed by atoms with E-state index >= 15 is 0 Å². The van der Waals surface area contributed by atoms with Crippen LogP contribution in [0.25, 0.3) is 0 Å². The predicted molar refractivity (Wildman–Crippen MR) is 84.6 cm³/mol. The number of benzene rings is 1. The second-order valence-corrected chi connectivity index (χ2v) is 5.62. The number of likely N-dealkylation sites (tertiary alicyclic amines) is 1. The molecule has 6 nitrogen and oxygen atoms in total. The first-order chi connectivity index (χ1) is 10.5. The zero-order valence-electron chi connectivity index (χ0n) is 13.1. The van der Waals surface area contributed by atoms with Crippen molar-refractivity contribution in [2.75, 3.05) is 25.0 Å². The van der Waals surface area contributed by atoms with Crippen molar-refractivity contribution in [3.05, 3.63) is 29.8 Å². The van der Waals surface area contributed by atoms with E-state index in [1.165, 1.54) is 0 Å². The van der Waals surface area contributed by atoms with Gasteiger partial charge in [0.1, 0.15) is 5.54 Å². The summed E-state index contributed by atoms with van der Waals surface area (Å²) >= 11 is 0. The summed E-state index contributed by atoms with van der Waals surface area (Å²) in [7, 11) is 0. The van der Waals surface area contributed by atoms with Gasteiger partial charge in [0.25, 0.3) is 0 Å². The lowest BCUT2D eigenvalue weighted by atomic mass is 9.86. The summed E-state index contributed by atoms with van der Waals surface area (Å²) in [4.78, 5) is 25.3. The minimum absolute atomic E-state index is 0.337. The van der Waals surface area contributed by atoms with Gasteiger partial charge in [-0.2, -0.15) is 0 Å². The molecular formula is C16H23N3O3. The summed E-state index contributed by atoms with van der Waals surface area (Å²) in [5, 5.41) is 3.26. The minimum Gasteiger partial charge on any atom is -0.450 e. The van der Waals surface area contributed by atoms with E-state index in [1.54, 1.807) is 11.8 Å². The molecule has 1 fully saturated rings. The van der Waals surface area contributed by atoms with Gasteiger partial charge in [-0.3, -0.25) is 4.79 Å². The zero-order chi connectivity index (χ0) is 16.2. The largest absolute Gasteiger partial charge is 0.450 e. The van der Waals surface area contributed by atoms with Crippen molar-refractivity contribution >= 4 is 17.7 Å². The summed E-state index contributed by atoms with van der Waals surface area (Å²) in [5.74, 6) is -0.392. The van der Waals surface area contributed by atoms with Crippen LogP contribution < -0.4 is 11.1 Å². The highest BCUT2D eigenvalue weighted by Gasteiger charge is 2.41. The Morgan fingerprint density at radius 1 is 1.27 bits per heavy atom. The molecule has 0 aromatic heterocycles. The number of ether oxygens (including phenoxy) is 1. The standard InChI is InChI=1S/C16H23N3O3/c1-3-22-15(21)19-10-8-16(9-11-19,14(17)20)18-13-6-4-12(2)5-7-13/h4-7,18H,3,8-11H2,1-2H3,(H2,17,20). The van der Waals surface area contributed by atoms with Crippen LogP contribution in [0.2, 0.25) is 0 Å². The summed E-state index contributed by atoms with van der Waals surface area (Å²) in [6.07, 6.45) is 0.597. The number of aryl methyl sites for hydroxylation is 1. The number of anilines is 1. The highest BCUT2D eigenvalue weighted by molar-refractivity contribution is 5.88. The number of hydrogen-bond acceptors (Lipinski definition) is 4. The molecule has 1 heterocycles. The maximum Gasteiger partial charge on any atom is 0.409 e. The molecule has 2 rings (SSSR count). The average Bonchev–Trinajstić information content (AvgIpc) is 2.50. The Labute approximate surface area is 130 Å². The molecule has 1 saturated heterocycles. The highest BCUT2D eigenvalue weighted by atomic mass is 16.6. The van der Waals surface area contributed by atoms with Crippen LogP contribution in [0.3, 0.4) is 0 Å². The molecule has 120 valence electrons. The Hall–Kier alpha value is -2.24.